The molecule has 98 valence electrons. The Morgan fingerprint density at radius 1 is 0.850 bits per heavy atom. The van der Waals surface area contributed by atoms with Crippen LogP contribution in [0, 0.1) is 6.92 Å². The van der Waals surface area contributed by atoms with Crippen LogP contribution in [0.5, 0.6) is 0 Å². The first-order valence-electron chi connectivity index (χ1n) is 6.39. The normalized spacial score (nSPS) is 14.7. The minimum absolute atomic E-state index is 0.268. The molecular weight excluding hydrogens is 250 g/mol. The van der Waals surface area contributed by atoms with Gasteiger partial charge in [-0.05, 0) is 24.1 Å². The number of imide groups is 1. The van der Waals surface area contributed by atoms with E-state index in [4.69, 9.17) is 0 Å². The number of nitrogens with zero attached hydrogens (tertiary/aromatic N) is 1. The van der Waals surface area contributed by atoms with Crippen molar-refractivity contribution in [1.82, 2.24) is 0 Å². The predicted octanol–water partition coefficient (Wildman–Crippen LogP) is 2.95. The fourth-order valence-electron chi connectivity index (χ4n) is 2.34. The van der Waals surface area contributed by atoms with E-state index in [2.05, 4.69) is 0 Å². The van der Waals surface area contributed by atoms with Crippen LogP contribution in [0.1, 0.15) is 11.1 Å². The van der Waals surface area contributed by atoms with Gasteiger partial charge in [-0.15, -0.1) is 0 Å². The summed E-state index contributed by atoms with van der Waals surface area (Å²) in [6.45, 7) is 1.89. The molecule has 2 aromatic carbocycles. The van der Waals surface area contributed by atoms with Crippen LogP contribution in [-0.2, 0) is 9.59 Å². The predicted molar refractivity (Wildman–Crippen MR) is 78.1 cm³/mol. The number of hydrogen-bond donors (Lipinski definition) is 0. The molecule has 0 aliphatic carbocycles. The molecule has 1 heterocycles. The van der Waals surface area contributed by atoms with E-state index in [0.29, 0.717) is 11.3 Å². The standard InChI is InChI=1S/C17H13NO2/c1-12-7-5-6-10-15(12)18-16(19)11-14(17(18)20)13-8-3-2-4-9-13/h2-11H,1H3. The summed E-state index contributed by atoms with van der Waals surface area (Å²) in [5.41, 5.74) is 2.75. The van der Waals surface area contributed by atoms with Crippen LogP contribution in [0.4, 0.5) is 5.69 Å². The van der Waals surface area contributed by atoms with E-state index in [1.165, 1.54) is 11.0 Å². The molecule has 3 nitrogen and oxygen atoms in total. The number of aryl methyl sites for hydroxylation is 1. The number of anilines is 1. The number of para-hydroxylation sites is 1. The third-order valence-corrected chi connectivity index (χ3v) is 3.36. The quantitative estimate of drug-likeness (QED) is 0.781. The lowest BCUT2D eigenvalue weighted by Gasteiger charge is -2.17. The Balaban J connectivity index is 2.02. The Hall–Kier alpha value is -2.68. The smallest absolute Gasteiger partial charge is 0.266 e. The first-order chi connectivity index (χ1) is 9.68. The molecule has 0 atom stereocenters. The van der Waals surface area contributed by atoms with E-state index in [1.807, 2.05) is 55.5 Å². The van der Waals surface area contributed by atoms with Crippen molar-refractivity contribution >= 4 is 23.1 Å². The van der Waals surface area contributed by atoms with Crippen LogP contribution in [0.15, 0.2) is 60.7 Å². The van der Waals surface area contributed by atoms with E-state index in [0.717, 1.165) is 11.1 Å². The molecule has 0 fully saturated rings. The Labute approximate surface area is 117 Å². The van der Waals surface area contributed by atoms with Gasteiger partial charge < -0.3 is 0 Å². The molecule has 0 saturated heterocycles. The Bertz CT molecular complexity index is 717. The Kier molecular flexibility index (Phi) is 2.95. The van der Waals surface area contributed by atoms with Crippen molar-refractivity contribution in [2.75, 3.05) is 4.90 Å². The molecule has 3 rings (SSSR count). The molecule has 2 aromatic rings. The van der Waals surface area contributed by atoms with Gasteiger partial charge in [0.15, 0.2) is 0 Å². The monoisotopic (exact) mass is 263 g/mol. The second-order valence-corrected chi connectivity index (χ2v) is 4.69. The fraction of sp³-hybridized carbons (Fsp3) is 0.0588. The zero-order valence-corrected chi connectivity index (χ0v) is 11.0. The average Bonchev–Trinajstić information content (AvgIpc) is 2.76. The fourth-order valence-corrected chi connectivity index (χ4v) is 2.34. The lowest BCUT2D eigenvalue weighted by atomic mass is 10.1. The van der Waals surface area contributed by atoms with E-state index in [1.54, 1.807) is 6.07 Å². The van der Waals surface area contributed by atoms with Crippen molar-refractivity contribution in [1.29, 1.82) is 0 Å². The highest BCUT2D eigenvalue weighted by Crippen LogP contribution is 2.29. The van der Waals surface area contributed by atoms with Gasteiger partial charge in [-0.1, -0.05) is 48.5 Å². The number of amides is 2. The topological polar surface area (TPSA) is 37.4 Å². The molecule has 0 unspecified atom stereocenters. The van der Waals surface area contributed by atoms with Crippen molar-refractivity contribution in [2.24, 2.45) is 0 Å². The van der Waals surface area contributed by atoms with E-state index < -0.39 is 0 Å². The summed E-state index contributed by atoms with van der Waals surface area (Å²) in [4.78, 5) is 25.9. The van der Waals surface area contributed by atoms with Crippen LogP contribution in [0.3, 0.4) is 0 Å². The molecule has 0 N–H and O–H groups in total. The number of carbonyl (C=O) groups excluding carboxylic acids is 2. The molecule has 3 heteroatoms. The highest BCUT2D eigenvalue weighted by molar-refractivity contribution is 6.43. The van der Waals surface area contributed by atoms with Crippen LogP contribution >= 0.6 is 0 Å². The molecule has 1 aliphatic heterocycles. The third kappa shape index (κ3) is 1.93. The maximum absolute atomic E-state index is 12.5. The number of benzene rings is 2. The van der Waals surface area contributed by atoms with Crippen LogP contribution < -0.4 is 4.90 Å². The lowest BCUT2D eigenvalue weighted by Crippen LogP contribution is -2.31. The first kappa shape index (κ1) is 12.4. The molecule has 0 radical (unpaired) electrons. The maximum atomic E-state index is 12.5. The van der Waals surface area contributed by atoms with Gasteiger partial charge in [0.25, 0.3) is 11.8 Å². The van der Waals surface area contributed by atoms with Crippen molar-refractivity contribution in [3.05, 3.63) is 71.8 Å². The molecule has 20 heavy (non-hydrogen) atoms. The second-order valence-electron chi connectivity index (χ2n) is 4.69. The Morgan fingerprint density at radius 2 is 1.50 bits per heavy atom. The lowest BCUT2D eigenvalue weighted by molar-refractivity contribution is -0.119. The third-order valence-electron chi connectivity index (χ3n) is 3.36. The maximum Gasteiger partial charge on any atom is 0.266 e. The zero-order chi connectivity index (χ0) is 14.1. The summed E-state index contributed by atoms with van der Waals surface area (Å²) < 4.78 is 0. The summed E-state index contributed by atoms with van der Waals surface area (Å²) >= 11 is 0. The molecule has 2 amide bonds. The van der Waals surface area contributed by atoms with Gasteiger partial charge in [-0.25, -0.2) is 4.90 Å². The molecule has 0 bridgehead atoms. The van der Waals surface area contributed by atoms with Gasteiger partial charge in [0.2, 0.25) is 0 Å². The number of carbonyl (C=O) groups is 2. The van der Waals surface area contributed by atoms with E-state index in [9.17, 15) is 9.59 Å². The molecule has 0 saturated carbocycles. The van der Waals surface area contributed by atoms with Crippen molar-refractivity contribution in [3.8, 4) is 0 Å². The van der Waals surface area contributed by atoms with E-state index in [-0.39, 0.29) is 11.8 Å². The van der Waals surface area contributed by atoms with Gasteiger partial charge in [-0.2, -0.15) is 0 Å². The van der Waals surface area contributed by atoms with Crippen LogP contribution in [0.25, 0.3) is 5.57 Å². The number of rotatable bonds is 2. The van der Waals surface area contributed by atoms with Gasteiger partial charge in [0.1, 0.15) is 0 Å². The molecule has 1 aliphatic rings. The number of hydrogen-bond acceptors (Lipinski definition) is 2. The van der Waals surface area contributed by atoms with Crippen molar-refractivity contribution in [3.63, 3.8) is 0 Å². The largest absolute Gasteiger partial charge is 0.269 e. The summed E-state index contributed by atoms with van der Waals surface area (Å²) in [5.74, 6) is -0.557. The van der Waals surface area contributed by atoms with E-state index >= 15 is 0 Å². The first-order valence-corrected chi connectivity index (χ1v) is 6.39. The summed E-state index contributed by atoms with van der Waals surface area (Å²) in [6, 6.07) is 16.6. The highest BCUT2D eigenvalue weighted by atomic mass is 16.2. The van der Waals surface area contributed by atoms with Crippen LogP contribution in [0.2, 0.25) is 0 Å². The van der Waals surface area contributed by atoms with Crippen molar-refractivity contribution in [2.45, 2.75) is 6.92 Å². The molecule has 0 spiro atoms. The van der Waals surface area contributed by atoms with Gasteiger partial charge in [0.05, 0.1) is 11.3 Å². The zero-order valence-electron chi connectivity index (χ0n) is 11.0. The SMILES string of the molecule is Cc1ccccc1N1C(=O)C=C(c2ccccc2)C1=O. The second kappa shape index (κ2) is 4.78. The van der Waals surface area contributed by atoms with Gasteiger partial charge >= 0.3 is 0 Å². The van der Waals surface area contributed by atoms with Gasteiger partial charge in [-0.3, -0.25) is 9.59 Å². The average molecular weight is 263 g/mol. The summed E-state index contributed by atoms with van der Waals surface area (Å²) in [7, 11) is 0. The Morgan fingerprint density at radius 3 is 2.20 bits per heavy atom. The molecule has 0 aromatic heterocycles. The molecular formula is C17H13NO2. The minimum Gasteiger partial charge on any atom is -0.269 e. The van der Waals surface area contributed by atoms with Crippen LogP contribution in [-0.4, -0.2) is 11.8 Å². The summed E-state index contributed by atoms with van der Waals surface area (Å²) in [5, 5.41) is 0. The highest BCUT2D eigenvalue weighted by Gasteiger charge is 2.33. The van der Waals surface area contributed by atoms with Gasteiger partial charge in [0, 0.05) is 6.08 Å². The summed E-state index contributed by atoms with van der Waals surface area (Å²) in [6.07, 6.45) is 1.41. The van der Waals surface area contributed by atoms with Crippen molar-refractivity contribution < 1.29 is 9.59 Å². The minimum atomic E-state index is -0.289.